The fourth-order valence-corrected chi connectivity index (χ4v) is 2.26. The molecule has 0 aliphatic carbocycles. The number of nitrogens with one attached hydrogen (secondary N) is 1. The molecule has 0 spiro atoms. The molecule has 13 heavy (non-hydrogen) atoms. The van der Waals surface area contributed by atoms with Crippen LogP contribution in [0.25, 0.3) is 0 Å². The minimum atomic E-state index is -0.581. The number of primary amides is 1. The van der Waals surface area contributed by atoms with Crippen molar-refractivity contribution in [3.63, 3.8) is 0 Å². The molecule has 1 rings (SSSR count). The average molecular weight is 202 g/mol. The third-order valence-electron chi connectivity index (χ3n) is 2.13. The van der Waals surface area contributed by atoms with E-state index in [0.717, 1.165) is 5.75 Å². The Labute approximate surface area is 81.6 Å². The Morgan fingerprint density at radius 2 is 2.23 bits per heavy atom. The Morgan fingerprint density at radius 1 is 1.62 bits per heavy atom. The van der Waals surface area contributed by atoms with Crippen molar-refractivity contribution >= 4 is 23.6 Å². The van der Waals surface area contributed by atoms with Crippen LogP contribution in [0.4, 0.5) is 0 Å². The summed E-state index contributed by atoms with van der Waals surface area (Å²) in [6.45, 7) is 4.13. The zero-order valence-corrected chi connectivity index (χ0v) is 8.61. The van der Waals surface area contributed by atoms with E-state index in [4.69, 9.17) is 5.73 Å². The van der Waals surface area contributed by atoms with Crippen LogP contribution >= 0.6 is 11.8 Å². The summed E-state index contributed by atoms with van der Waals surface area (Å²) < 4.78 is 0.0906. The second kappa shape index (κ2) is 3.57. The lowest BCUT2D eigenvalue weighted by Gasteiger charge is -2.43. The summed E-state index contributed by atoms with van der Waals surface area (Å²) in [6, 6.07) is 0.171. The molecule has 1 unspecified atom stereocenters. The highest BCUT2D eigenvalue weighted by Gasteiger charge is 2.40. The highest BCUT2D eigenvalue weighted by Crippen LogP contribution is 2.39. The lowest BCUT2D eigenvalue weighted by Crippen LogP contribution is -2.56. The lowest BCUT2D eigenvalue weighted by atomic mass is 10.0. The number of carbonyl (C=O) groups is 2. The Hall–Kier alpha value is -0.710. The number of thioether (sulfide) groups is 1. The normalized spacial score (nSPS) is 24.6. The number of carbonyl (C=O) groups excluding carboxylic acids is 2. The molecule has 0 radical (unpaired) electrons. The predicted molar refractivity (Wildman–Crippen MR) is 52.3 cm³/mol. The number of hydrogen-bond acceptors (Lipinski definition) is 3. The maximum Gasteiger partial charge on any atom is 0.229 e. The van der Waals surface area contributed by atoms with Gasteiger partial charge in [0, 0.05) is 10.5 Å². The van der Waals surface area contributed by atoms with Gasteiger partial charge in [-0.2, -0.15) is 11.8 Å². The molecular weight excluding hydrogens is 188 g/mol. The molecule has 1 fully saturated rings. The van der Waals surface area contributed by atoms with Gasteiger partial charge < -0.3 is 11.1 Å². The van der Waals surface area contributed by atoms with Crippen molar-refractivity contribution in [3.05, 3.63) is 0 Å². The molecule has 1 aliphatic heterocycles. The first-order chi connectivity index (χ1) is 5.92. The highest BCUT2D eigenvalue weighted by atomic mass is 32.2. The van der Waals surface area contributed by atoms with Crippen LogP contribution in [-0.2, 0) is 9.59 Å². The summed E-state index contributed by atoms with van der Waals surface area (Å²) >= 11 is 1.80. The smallest absolute Gasteiger partial charge is 0.229 e. The van der Waals surface area contributed by atoms with E-state index in [0.29, 0.717) is 0 Å². The first-order valence-electron chi connectivity index (χ1n) is 4.13. The summed E-state index contributed by atoms with van der Waals surface area (Å²) in [5.41, 5.74) is 4.89. The summed E-state index contributed by atoms with van der Waals surface area (Å²) in [5, 5.41) is 2.78. The van der Waals surface area contributed by atoms with Crippen LogP contribution in [0.2, 0.25) is 0 Å². The maximum absolute atomic E-state index is 11.1. The maximum atomic E-state index is 11.1. The third kappa shape index (κ3) is 2.62. The topological polar surface area (TPSA) is 72.2 Å². The molecule has 74 valence electrons. The van der Waals surface area contributed by atoms with E-state index in [2.05, 4.69) is 19.2 Å². The molecule has 3 N–H and O–H groups in total. The Bertz CT molecular complexity index is 240. The molecule has 1 saturated heterocycles. The van der Waals surface area contributed by atoms with Crippen molar-refractivity contribution in [2.45, 2.75) is 31.1 Å². The molecular formula is C8H14N2O2S. The second-order valence-electron chi connectivity index (χ2n) is 3.68. The van der Waals surface area contributed by atoms with Crippen LogP contribution in [0.3, 0.4) is 0 Å². The molecule has 5 heteroatoms. The number of nitrogens with two attached hydrogens (primary N) is 1. The van der Waals surface area contributed by atoms with Crippen molar-refractivity contribution < 1.29 is 9.59 Å². The Morgan fingerprint density at radius 3 is 2.54 bits per heavy atom. The van der Waals surface area contributed by atoms with Gasteiger partial charge in [-0.3, -0.25) is 9.59 Å². The van der Waals surface area contributed by atoms with Gasteiger partial charge in [0.05, 0.1) is 6.04 Å². The van der Waals surface area contributed by atoms with Crippen molar-refractivity contribution in [2.24, 2.45) is 5.73 Å². The van der Waals surface area contributed by atoms with Gasteiger partial charge >= 0.3 is 0 Å². The van der Waals surface area contributed by atoms with E-state index in [1.165, 1.54) is 0 Å². The van der Waals surface area contributed by atoms with Crippen LogP contribution in [0.15, 0.2) is 0 Å². The van der Waals surface area contributed by atoms with Crippen LogP contribution in [0, 0.1) is 0 Å². The predicted octanol–water partition coefficient (Wildman–Crippen LogP) is -0.128. The van der Waals surface area contributed by atoms with Gasteiger partial charge in [-0.05, 0) is 13.8 Å². The third-order valence-corrected chi connectivity index (χ3v) is 3.66. The first-order valence-corrected chi connectivity index (χ1v) is 5.12. The van der Waals surface area contributed by atoms with Crippen LogP contribution in [0.1, 0.15) is 20.3 Å². The van der Waals surface area contributed by atoms with E-state index in [1.807, 2.05) is 0 Å². The molecule has 0 aromatic heterocycles. The molecule has 0 bridgehead atoms. The molecule has 1 aliphatic rings. The van der Waals surface area contributed by atoms with Crippen molar-refractivity contribution in [3.8, 4) is 0 Å². The van der Waals surface area contributed by atoms with Gasteiger partial charge in [0.25, 0.3) is 0 Å². The average Bonchev–Trinajstić information content (AvgIpc) is 1.97. The quantitative estimate of drug-likeness (QED) is 0.626. The fourth-order valence-electron chi connectivity index (χ4n) is 1.12. The van der Waals surface area contributed by atoms with Crippen LogP contribution < -0.4 is 11.1 Å². The van der Waals surface area contributed by atoms with Gasteiger partial charge in [-0.25, -0.2) is 0 Å². The summed E-state index contributed by atoms with van der Waals surface area (Å²) in [6.07, 6.45) is -0.211. The lowest BCUT2D eigenvalue weighted by molar-refractivity contribution is -0.128. The minimum Gasteiger partial charge on any atom is -0.369 e. The largest absolute Gasteiger partial charge is 0.369 e. The Balaban J connectivity index is 2.33. The number of amides is 2. The van der Waals surface area contributed by atoms with E-state index < -0.39 is 5.91 Å². The van der Waals surface area contributed by atoms with Gasteiger partial charge in [-0.15, -0.1) is 0 Å². The zero-order valence-electron chi connectivity index (χ0n) is 7.79. The van der Waals surface area contributed by atoms with E-state index in [1.54, 1.807) is 11.8 Å². The number of hydrogen-bond donors (Lipinski definition) is 2. The fraction of sp³-hybridized carbons (Fsp3) is 0.750. The van der Waals surface area contributed by atoms with Gasteiger partial charge in [0.1, 0.15) is 6.42 Å². The molecule has 0 aromatic rings. The highest BCUT2D eigenvalue weighted by molar-refractivity contribution is 8.02. The molecule has 0 aromatic carbocycles. The zero-order chi connectivity index (χ0) is 10.1. The summed E-state index contributed by atoms with van der Waals surface area (Å²) in [4.78, 5) is 21.5. The Kier molecular flexibility index (Phi) is 2.85. The number of rotatable bonds is 3. The molecule has 1 atom stereocenters. The second-order valence-corrected chi connectivity index (χ2v) is 5.35. The molecule has 4 nitrogen and oxygen atoms in total. The SMILES string of the molecule is CC1(C)SCC1NC(=O)CC(N)=O. The van der Waals surface area contributed by atoms with Gasteiger partial charge in [0.2, 0.25) is 11.8 Å². The van der Waals surface area contributed by atoms with Crippen molar-refractivity contribution in [2.75, 3.05) is 5.75 Å². The van der Waals surface area contributed by atoms with Crippen LogP contribution in [-0.4, -0.2) is 28.4 Å². The minimum absolute atomic E-state index is 0.0906. The standard InChI is InChI=1S/C8H14N2O2S/c1-8(2)5(4-13-8)10-7(12)3-6(9)11/h5H,3-4H2,1-2H3,(H2,9,11)(H,10,12). The molecule has 2 amide bonds. The van der Waals surface area contributed by atoms with Gasteiger partial charge in [0.15, 0.2) is 0 Å². The summed E-state index contributed by atoms with van der Waals surface area (Å²) in [7, 11) is 0. The van der Waals surface area contributed by atoms with Gasteiger partial charge in [-0.1, -0.05) is 0 Å². The molecule has 0 saturated carbocycles. The van der Waals surface area contributed by atoms with Crippen molar-refractivity contribution in [1.29, 1.82) is 0 Å². The molecule has 1 heterocycles. The first kappa shape index (κ1) is 10.4. The van der Waals surface area contributed by atoms with E-state index in [9.17, 15) is 9.59 Å². The van der Waals surface area contributed by atoms with E-state index in [-0.39, 0.29) is 23.1 Å². The monoisotopic (exact) mass is 202 g/mol. The van der Waals surface area contributed by atoms with E-state index >= 15 is 0 Å². The summed E-state index contributed by atoms with van der Waals surface area (Å²) in [5.74, 6) is 0.0606. The van der Waals surface area contributed by atoms with Crippen molar-refractivity contribution in [1.82, 2.24) is 5.32 Å². The van der Waals surface area contributed by atoms with Crippen LogP contribution in [0.5, 0.6) is 0 Å².